The summed E-state index contributed by atoms with van der Waals surface area (Å²) in [5, 5.41) is 0. The van der Waals surface area contributed by atoms with Crippen LogP contribution in [0.25, 0.3) is 0 Å². The van der Waals surface area contributed by atoms with Gasteiger partial charge in [-0.25, -0.2) is 0 Å². The Bertz CT molecular complexity index is 225. The van der Waals surface area contributed by atoms with E-state index >= 15 is 0 Å². The maximum absolute atomic E-state index is 12.2. The highest BCUT2D eigenvalue weighted by Crippen LogP contribution is 2.38. The first-order chi connectivity index (χ1) is 6.58. The van der Waals surface area contributed by atoms with E-state index < -0.39 is 24.4 Å². The van der Waals surface area contributed by atoms with Crippen LogP contribution in [0.1, 0.15) is 6.92 Å². The van der Waals surface area contributed by atoms with Gasteiger partial charge in [-0.2, -0.15) is 13.2 Å². The van der Waals surface area contributed by atoms with Crippen LogP contribution in [0.2, 0.25) is 19.6 Å². The van der Waals surface area contributed by atoms with E-state index in [0.717, 1.165) is 0 Å². The van der Waals surface area contributed by atoms with Crippen molar-refractivity contribution in [1.82, 2.24) is 0 Å². The van der Waals surface area contributed by atoms with Gasteiger partial charge in [0.15, 0.2) is 0 Å². The Morgan fingerprint density at radius 2 is 1.87 bits per heavy atom. The molecule has 0 saturated heterocycles. The van der Waals surface area contributed by atoms with E-state index in [-0.39, 0.29) is 18.4 Å². The molecule has 0 aliphatic carbocycles. The minimum atomic E-state index is -4.39. The number of alkyl halides is 3. The number of ether oxygens (including phenoxy) is 1. The van der Waals surface area contributed by atoms with Crippen molar-refractivity contribution in [2.24, 2.45) is 0 Å². The first-order valence-electron chi connectivity index (χ1n) is 4.49. The SMILES string of the molecule is CCOC(=O)C(SC(F)(F)F)[Si](C)(C)C. The van der Waals surface area contributed by atoms with Gasteiger partial charge in [-0.3, -0.25) is 4.79 Å². The maximum Gasteiger partial charge on any atom is 0.442 e. The lowest BCUT2D eigenvalue weighted by Gasteiger charge is -2.26. The molecule has 0 aromatic carbocycles. The van der Waals surface area contributed by atoms with Gasteiger partial charge in [0.1, 0.15) is 4.87 Å². The zero-order valence-corrected chi connectivity index (χ0v) is 11.0. The van der Waals surface area contributed by atoms with Crippen molar-refractivity contribution in [3.63, 3.8) is 0 Å². The predicted molar refractivity (Wildman–Crippen MR) is 57.4 cm³/mol. The van der Waals surface area contributed by atoms with E-state index in [4.69, 9.17) is 0 Å². The molecule has 0 fully saturated rings. The van der Waals surface area contributed by atoms with Crippen LogP contribution in [0.5, 0.6) is 0 Å². The second-order valence-corrected chi connectivity index (χ2v) is 11.0. The molecule has 0 amide bonds. The number of rotatable bonds is 4. The number of carbonyl (C=O) groups is 1. The summed E-state index contributed by atoms with van der Waals surface area (Å²) in [7, 11) is -2.23. The summed E-state index contributed by atoms with van der Waals surface area (Å²) >= 11 is -0.256. The van der Waals surface area contributed by atoms with Crippen molar-refractivity contribution >= 4 is 25.8 Å². The molecule has 90 valence electrons. The molecule has 1 atom stereocenters. The quantitative estimate of drug-likeness (QED) is 0.574. The molecule has 0 spiro atoms. The van der Waals surface area contributed by atoms with Crippen LogP contribution in [0.3, 0.4) is 0 Å². The minimum absolute atomic E-state index is 0.109. The summed E-state index contributed by atoms with van der Waals surface area (Å²) < 4.78 is 41.3. The van der Waals surface area contributed by atoms with E-state index in [9.17, 15) is 18.0 Å². The van der Waals surface area contributed by atoms with Crippen LogP contribution in [-0.4, -0.2) is 31.0 Å². The third-order valence-electron chi connectivity index (χ3n) is 1.54. The number of hydrogen-bond donors (Lipinski definition) is 0. The second kappa shape index (κ2) is 5.24. The van der Waals surface area contributed by atoms with Crippen LogP contribution >= 0.6 is 11.8 Å². The highest BCUT2D eigenvalue weighted by atomic mass is 32.2. The highest BCUT2D eigenvalue weighted by molar-refractivity contribution is 8.03. The van der Waals surface area contributed by atoms with Crippen LogP contribution in [0.15, 0.2) is 0 Å². The monoisotopic (exact) mass is 260 g/mol. The molecule has 0 aromatic rings. The van der Waals surface area contributed by atoms with Crippen molar-refractivity contribution in [2.75, 3.05) is 6.61 Å². The molecule has 0 heterocycles. The third kappa shape index (κ3) is 6.09. The molecule has 0 N–H and O–H groups in total. The van der Waals surface area contributed by atoms with Gasteiger partial charge in [-0.1, -0.05) is 19.6 Å². The Hall–Kier alpha value is -0.173. The van der Waals surface area contributed by atoms with Gasteiger partial charge in [-0.15, -0.1) is 0 Å². The Morgan fingerprint density at radius 3 is 2.13 bits per heavy atom. The first-order valence-corrected chi connectivity index (χ1v) is 8.95. The van der Waals surface area contributed by atoms with Crippen molar-refractivity contribution in [1.29, 1.82) is 0 Å². The van der Waals surface area contributed by atoms with Crippen LogP contribution < -0.4 is 0 Å². The summed E-state index contributed by atoms with van der Waals surface area (Å²) in [4.78, 5) is 10.3. The van der Waals surface area contributed by atoms with Gasteiger partial charge in [0, 0.05) is 0 Å². The lowest BCUT2D eigenvalue weighted by Crippen LogP contribution is -2.44. The van der Waals surface area contributed by atoms with Crippen molar-refractivity contribution in [3.05, 3.63) is 0 Å². The van der Waals surface area contributed by atoms with Gasteiger partial charge < -0.3 is 4.74 Å². The average molecular weight is 260 g/mol. The predicted octanol–water partition coefficient (Wildman–Crippen LogP) is 3.05. The van der Waals surface area contributed by atoms with Gasteiger partial charge in [0.25, 0.3) is 0 Å². The Kier molecular flexibility index (Phi) is 5.18. The molecule has 0 aliphatic heterocycles. The zero-order chi connectivity index (χ0) is 12.3. The Morgan fingerprint density at radius 1 is 1.40 bits per heavy atom. The van der Waals surface area contributed by atoms with Crippen molar-refractivity contribution < 1.29 is 22.7 Å². The first kappa shape index (κ1) is 14.8. The molecule has 0 saturated carbocycles. The summed E-state index contributed by atoms with van der Waals surface area (Å²) in [6.45, 7) is 6.84. The van der Waals surface area contributed by atoms with Gasteiger partial charge in [0.2, 0.25) is 0 Å². The number of esters is 1. The standard InChI is InChI=1S/C8H15F3O2SSi/c1-5-13-6(12)7(15(2,3)4)14-8(9,10)11/h7H,5H2,1-4H3. The normalized spacial score (nSPS) is 14.9. The van der Waals surface area contributed by atoms with E-state index in [1.165, 1.54) is 0 Å². The smallest absolute Gasteiger partial charge is 0.442 e. The second-order valence-electron chi connectivity index (χ2n) is 4.06. The largest absolute Gasteiger partial charge is 0.465 e. The molecule has 15 heavy (non-hydrogen) atoms. The molecule has 2 nitrogen and oxygen atoms in total. The third-order valence-corrected chi connectivity index (χ3v) is 6.52. The molecule has 0 rings (SSSR count). The number of hydrogen-bond acceptors (Lipinski definition) is 3. The van der Waals surface area contributed by atoms with E-state index in [2.05, 4.69) is 4.74 Å². The number of carbonyl (C=O) groups excluding carboxylic acids is 1. The molecule has 1 unspecified atom stereocenters. The summed E-state index contributed by atoms with van der Waals surface area (Å²) in [6, 6.07) is 0. The van der Waals surface area contributed by atoms with Crippen molar-refractivity contribution in [2.45, 2.75) is 36.9 Å². The number of thioether (sulfide) groups is 1. The highest BCUT2D eigenvalue weighted by Gasteiger charge is 2.44. The van der Waals surface area contributed by atoms with Gasteiger partial charge in [0.05, 0.1) is 14.7 Å². The van der Waals surface area contributed by atoms with Crippen LogP contribution in [-0.2, 0) is 9.53 Å². The lowest BCUT2D eigenvalue weighted by molar-refractivity contribution is -0.141. The van der Waals surface area contributed by atoms with Crippen LogP contribution in [0.4, 0.5) is 13.2 Å². The van der Waals surface area contributed by atoms with Crippen molar-refractivity contribution in [3.8, 4) is 0 Å². The topological polar surface area (TPSA) is 26.3 Å². The molecule has 0 aliphatic rings. The van der Waals surface area contributed by atoms with Crippen LogP contribution in [0, 0.1) is 0 Å². The molecule has 0 radical (unpaired) electrons. The molecular formula is C8H15F3O2SSi. The average Bonchev–Trinajstić information content (AvgIpc) is 1.97. The summed E-state index contributed by atoms with van der Waals surface area (Å²) in [5.41, 5.74) is -4.39. The maximum atomic E-state index is 12.2. The van der Waals surface area contributed by atoms with E-state index in [1.807, 2.05) is 0 Å². The summed E-state index contributed by atoms with van der Waals surface area (Å²) in [5.74, 6) is -0.751. The molecule has 0 bridgehead atoms. The van der Waals surface area contributed by atoms with E-state index in [0.29, 0.717) is 0 Å². The lowest BCUT2D eigenvalue weighted by atomic mass is 10.7. The minimum Gasteiger partial charge on any atom is -0.465 e. The van der Waals surface area contributed by atoms with E-state index in [1.54, 1.807) is 26.6 Å². The molecular weight excluding hydrogens is 245 g/mol. The molecule has 0 aromatic heterocycles. The Balaban J connectivity index is 4.68. The van der Waals surface area contributed by atoms with Gasteiger partial charge >= 0.3 is 11.5 Å². The fraction of sp³-hybridized carbons (Fsp3) is 0.875. The number of halogens is 3. The zero-order valence-electron chi connectivity index (χ0n) is 9.14. The fourth-order valence-electron chi connectivity index (χ4n) is 0.930. The fourth-order valence-corrected chi connectivity index (χ4v) is 3.97. The Labute approximate surface area is 92.6 Å². The summed E-state index contributed by atoms with van der Waals surface area (Å²) in [6.07, 6.45) is 0. The molecule has 7 heteroatoms. The van der Waals surface area contributed by atoms with Gasteiger partial charge in [-0.05, 0) is 18.7 Å².